The number of nitrogens with zero attached hydrogens (tertiary/aromatic N) is 1. The van der Waals surface area contributed by atoms with Gasteiger partial charge in [0.25, 0.3) is 0 Å². The first-order chi connectivity index (χ1) is 17.6. The third-order valence-corrected chi connectivity index (χ3v) is 6.58. The largest absolute Gasteiger partial charge is 0.497 e. The number of rotatable bonds is 12. The van der Waals surface area contributed by atoms with Crippen molar-refractivity contribution in [1.82, 2.24) is 10.2 Å². The van der Waals surface area contributed by atoms with Crippen molar-refractivity contribution in [3.05, 3.63) is 48.0 Å². The Morgan fingerprint density at radius 2 is 1.86 bits per heavy atom. The Kier molecular flexibility index (Phi) is 9.27. The first kappa shape index (κ1) is 26.1. The number of hydrogen-bond donors (Lipinski definition) is 2. The summed E-state index contributed by atoms with van der Waals surface area (Å²) in [5.41, 5.74) is 0.668. The number of ether oxygens (including phenoxy) is 5. The van der Waals surface area contributed by atoms with E-state index in [2.05, 4.69) is 10.2 Å². The molecule has 36 heavy (non-hydrogen) atoms. The van der Waals surface area contributed by atoms with E-state index in [0.717, 1.165) is 25.1 Å². The van der Waals surface area contributed by atoms with Crippen LogP contribution in [0.15, 0.2) is 42.5 Å². The highest BCUT2D eigenvalue weighted by atomic mass is 16.6. The first-order valence-corrected chi connectivity index (χ1v) is 12.4. The molecule has 1 amide bonds. The van der Waals surface area contributed by atoms with E-state index in [0.29, 0.717) is 49.2 Å². The standard InChI is InChI=1S/C27H36N2O7/c1-32-18-20-4-3-12-29(20)17-23(27(31)19-5-10-24-25(16-19)36-15-14-35-24)28-26(30)11-13-34-22-8-6-21(33-2)7-9-22/h5-10,16,20,23,27,31H,3-4,11-15,17-18H2,1-2H3,(H,28,30)/t20?,23-,27+/m1/s1. The summed E-state index contributed by atoms with van der Waals surface area (Å²) in [4.78, 5) is 15.2. The Hall–Kier alpha value is -3.01. The normalized spacial score (nSPS) is 18.9. The second-order valence-electron chi connectivity index (χ2n) is 9.04. The fourth-order valence-corrected chi connectivity index (χ4v) is 4.68. The Balaban J connectivity index is 1.40. The molecule has 0 bridgehead atoms. The molecule has 196 valence electrons. The number of fused-ring (bicyclic) bond motifs is 1. The summed E-state index contributed by atoms with van der Waals surface area (Å²) in [6.45, 7) is 3.22. The monoisotopic (exact) mass is 500 g/mol. The zero-order valence-corrected chi connectivity index (χ0v) is 21.0. The molecular formula is C27H36N2O7. The lowest BCUT2D eigenvalue weighted by Gasteiger charge is -2.32. The van der Waals surface area contributed by atoms with Crippen LogP contribution in [0.25, 0.3) is 0 Å². The van der Waals surface area contributed by atoms with Crippen molar-refractivity contribution < 1.29 is 33.6 Å². The molecular weight excluding hydrogens is 464 g/mol. The fourth-order valence-electron chi connectivity index (χ4n) is 4.68. The van der Waals surface area contributed by atoms with Crippen molar-refractivity contribution in [1.29, 1.82) is 0 Å². The molecule has 2 aliphatic heterocycles. The lowest BCUT2D eigenvalue weighted by Crippen LogP contribution is -2.49. The van der Waals surface area contributed by atoms with Crippen molar-refractivity contribution in [3.63, 3.8) is 0 Å². The van der Waals surface area contributed by atoms with Crippen LogP contribution in [-0.2, 0) is 9.53 Å². The van der Waals surface area contributed by atoms with Crippen LogP contribution in [-0.4, -0.2) is 81.7 Å². The molecule has 0 aromatic heterocycles. The van der Waals surface area contributed by atoms with E-state index in [4.69, 9.17) is 23.7 Å². The summed E-state index contributed by atoms with van der Waals surface area (Å²) in [6.07, 6.45) is 1.34. The quantitative estimate of drug-likeness (QED) is 0.459. The van der Waals surface area contributed by atoms with Crippen LogP contribution in [0.4, 0.5) is 0 Å². The zero-order valence-electron chi connectivity index (χ0n) is 21.0. The second-order valence-corrected chi connectivity index (χ2v) is 9.04. The first-order valence-electron chi connectivity index (χ1n) is 12.4. The van der Waals surface area contributed by atoms with E-state index < -0.39 is 12.1 Å². The minimum atomic E-state index is -0.920. The van der Waals surface area contributed by atoms with E-state index in [1.807, 2.05) is 18.2 Å². The van der Waals surface area contributed by atoms with Gasteiger partial charge in [-0.25, -0.2) is 0 Å². The third-order valence-electron chi connectivity index (χ3n) is 6.58. The number of aliphatic hydroxyl groups excluding tert-OH is 1. The van der Waals surface area contributed by atoms with Gasteiger partial charge in [-0.2, -0.15) is 0 Å². The molecule has 0 spiro atoms. The number of likely N-dealkylation sites (tertiary alicyclic amines) is 1. The average Bonchev–Trinajstić information content (AvgIpc) is 3.34. The van der Waals surface area contributed by atoms with Gasteiger partial charge in [-0.3, -0.25) is 9.69 Å². The molecule has 2 aliphatic rings. The Morgan fingerprint density at radius 1 is 1.11 bits per heavy atom. The van der Waals surface area contributed by atoms with Crippen LogP contribution < -0.4 is 24.3 Å². The minimum absolute atomic E-state index is 0.165. The van der Waals surface area contributed by atoms with Crippen molar-refractivity contribution >= 4 is 5.91 Å². The highest BCUT2D eigenvalue weighted by Crippen LogP contribution is 2.34. The predicted molar refractivity (Wildman–Crippen MR) is 134 cm³/mol. The summed E-state index contributed by atoms with van der Waals surface area (Å²) in [5, 5.41) is 14.4. The van der Waals surface area contributed by atoms with Crippen molar-refractivity contribution in [3.8, 4) is 23.0 Å². The van der Waals surface area contributed by atoms with E-state index >= 15 is 0 Å². The lowest BCUT2D eigenvalue weighted by molar-refractivity contribution is -0.123. The summed E-state index contributed by atoms with van der Waals surface area (Å²) < 4.78 is 27.6. The minimum Gasteiger partial charge on any atom is -0.497 e. The van der Waals surface area contributed by atoms with Gasteiger partial charge in [0.2, 0.25) is 5.91 Å². The third kappa shape index (κ3) is 6.81. The summed E-state index contributed by atoms with van der Waals surface area (Å²) in [6, 6.07) is 12.4. The molecule has 2 heterocycles. The molecule has 0 radical (unpaired) electrons. The Morgan fingerprint density at radius 3 is 2.61 bits per heavy atom. The van der Waals surface area contributed by atoms with Gasteiger partial charge >= 0.3 is 0 Å². The van der Waals surface area contributed by atoms with E-state index in [-0.39, 0.29) is 25.0 Å². The zero-order chi connectivity index (χ0) is 25.3. The molecule has 9 nitrogen and oxygen atoms in total. The molecule has 9 heteroatoms. The van der Waals surface area contributed by atoms with E-state index in [9.17, 15) is 9.90 Å². The Labute approximate surface area is 212 Å². The van der Waals surface area contributed by atoms with Gasteiger partial charge in [-0.1, -0.05) is 6.07 Å². The Bertz CT molecular complexity index is 985. The summed E-state index contributed by atoms with van der Waals surface area (Å²) >= 11 is 0. The number of benzene rings is 2. The second kappa shape index (κ2) is 12.8. The molecule has 0 aliphatic carbocycles. The van der Waals surface area contributed by atoms with Crippen LogP contribution in [0.5, 0.6) is 23.0 Å². The molecule has 1 unspecified atom stereocenters. The number of carbonyl (C=O) groups excluding carboxylic acids is 1. The lowest BCUT2D eigenvalue weighted by atomic mass is 10.00. The number of amides is 1. The van der Waals surface area contributed by atoms with Crippen molar-refractivity contribution in [2.24, 2.45) is 0 Å². The van der Waals surface area contributed by atoms with Crippen molar-refractivity contribution in [2.75, 3.05) is 53.7 Å². The average molecular weight is 501 g/mol. The van der Waals surface area contributed by atoms with Crippen LogP contribution in [0, 0.1) is 0 Å². The van der Waals surface area contributed by atoms with E-state index in [1.165, 1.54) is 0 Å². The molecule has 1 fully saturated rings. The molecule has 4 rings (SSSR count). The predicted octanol–water partition coefficient (Wildman–Crippen LogP) is 2.56. The van der Waals surface area contributed by atoms with Gasteiger partial charge in [-0.15, -0.1) is 0 Å². The number of hydrogen-bond acceptors (Lipinski definition) is 8. The maximum atomic E-state index is 12.9. The molecule has 3 atom stereocenters. The highest BCUT2D eigenvalue weighted by Gasteiger charge is 2.31. The van der Waals surface area contributed by atoms with Crippen LogP contribution in [0.2, 0.25) is 0 Å². The molecule has 0 saturated carbocycles. The SMILES string of the molecule is COCC1CCCN1C[C@@H](NC(=O)CCOc1ccc(OC)cc1)[C@@H](O)c1ccc2c(c1)OCCO2. The molecule has 2 aromatic rings. The van der Waals surface area contributed by atoms with Gasteiger partial charge in [0.15, 0.2) is 11.5 Å². The number of carbonyl (C=O) groups is 1. The molecule has 1 saturated heterocycles. The van der Waals surface area contributed by atoms with Gasteiger partial charge in [-0.05, 0) is 61.3 Å². The number of aliphatic hydroxyl groups is 1. The summed E-state index contributed by atoms with van der Waals surface area (Å²) in [7, 11) is 3.30. The smallest absolute Gasteiger partial charge is 0.223 e. The highest BCUT2D eigenvalue weighted by molar-refractivity contribution is 5.76. The maximum absolute atomic E-state index is 12.9. The van der Waals surface area contributed by atoms with Crippen LogP contribution in [0.3, 0.4) is 0 Å². The van der Waals surface area contributed by atoms with Crippen LogP contribution in [0.1, 0.15) is 30.9 Å². The van der Waals surface area contributed by atoms with Crippen molar-refractivity contribution in [2.45, 2.75) is 37.5 Å². The van der Waals surface area contributed by atoms with Gasteiger partial charge in [0.1, 0.15) is 30.8 Å². The van der Waals surface area contributed by atoms with E-state index in [1.54, 1.807) is 38.5 Å². The maximum Gasteiger partial charge on any atom is 0.223 e. The molecule has 2 N–H and O–H groups in total. The topological polar surface area (TPSA) is 98.7 Å². The molecule has 2 aromatic carbocycles. The van der Waals surface area contributed by atoms with Gasteiger partial charge in [0, 0.05) is 19.7 Å². The summed E-state index contributed by atoms with van der Waals surface area (Å²) in [5.74, 6) is 2.48. The van der Waals surface area contributed by atoms with Crippen LogP contribution >= 0.6 is 0 Å². The van der Waals surface area contributed by atoms with Gasteiger partial charge in [0.05, 0.1) is 32.8 Å². The van der Waals surface area contributed by atoms with Gasteiger partial charge < -0.3 is 34.1 Å². The number of methoxy groups -OCH3 is 2. The number of nitrogens with one attached hydrogen (secondary N) is 1. The fraction of sp³-hybridized carbons (Fsp3) is 0.519.